The van der Waals surface area contributed by atoms with Crippen molar-refractivity contribution in [3.8, 4) is 11.5 Å². The fourth-order valence-corrected chi connectivity index (χ4v) is 3.18. The third-order valence-corrected chi connectivity index (χ3v) is 4.56. The van der Waals surface area contributed by atoms with Crippen molar-refractivity contribution >= 4 is 5.91 Å². The zero-order valence-electron chi connectivity index (χ0n) is 15.1. The van der Waals surface area contributed by atoms with E-state index in [2.05, 4.69) is 15.5 Å². The second kappa shape index (κ2) is 8.89. The molecule has 1 aliphatic rings. The molecule has 1 fully saturated rings. The topological polar surface area (TPSA) is 62.8 Å². The maximum absolute atomic E-state index is 12.4. The largest absolute Gasteiger partial charge is 0.497 e. The number of nitrogens with zero attached hydrogens (tertiary/aromatic N) is 1. The van der Waals surface area contributed by atoms with Gasteiger partial charge in [-0.25, -0.2) is 0 Å². The van der Waals surface area contributed by atoms with Crippen molar-refractivity contribution < 1.29 is 14.3 Å². The number of rotatable bonds is 7. The number of hydrogen-bond acceptors (Lipinski definition) is 5. The lowest BCUT2D eigenvalue weighted by atomic mass is 10.1. The fourth-order valence-electron chi connectivity index (χ4n) is 3.18. The van der Waals surface area contributed by atoms with Gasteiger partial charge in [0, 0.05) is 18.2 Å². The predicted octanol–water partition coefficient (Wildman–Crippen LogP) is 1.56. The Balaban J connectivity index is 1.96. The van der Waals surface area contributed by atoms with Gasteiger partial charge in [-0.1, -0.05) is 0 Å². The van der Waals surface area contributed by atoms with Crippen LogP contribution in [0.1, 0.15) is 31.4 Å². The molecular weight excluding hydrogens is 306 g/mol. The van der Waals surface area contributed by atoms with Gasteiger partial charge in [0.15, 0.2) is 0 Å². The number of carbonyl (C=O) groups is 1. The summed E-state index contributed by atoms with van der Waals surface area (Å²) in [7, 11) is 5.24. The molecule has 0 bridgehead atoms. The summed E-state index contributed by atoms with van der Waals surface area (Å²) in [5.74, 6) is 1.53. The Morgan fingerprint density at radius 2 is 2.17 bits per heavy atom. The Kier molecular flexibility index (Phi) is 6.87. The summed E-state index contributed by atoms with van der Waals surface area (Å²) in [6.07, 6.45) is 2.30. The molecule has 1 aromatic rings. The Hall–Kier alpha value is -1.79. The smallest absolute Gasteiger partial charge is 0.234 e. The molecule has 1 heterocycles. The molecule has 0 saturated carbocycles. The van der Waals surface area contributed by atoms with Crippen molar-refractivity contribution in [1.82, 2.24) is 15.5 Å². The van der Waals surface area contributed by atoms with Crippen LogP contribution in [0.4, 0.5) is 0 Å². The van der Waals surface area contributed by atoms with Crippen LogP contribution in [0.25, 0.3) is 0 Å². The number of likely N-dealkylation sites (N-methyl/N-ethyl adjacent to an activating group) is 1. The minimum Gasteiger partial charge on any atom is -0.497 e. The highest BCUT2D eigenvalue weighted by Gasteiger charge is 2.22. The number of amides is 1. The van der Waals surface area contributed by atoms with E-state index in [1.54, 1.807) is 14.2 Å². The maximum atomic E-state index is 12.4. The molecular formula is C18H29N3O3. The predicted molar refractivity (Wildman–Crippen MR) is 94.6 cm³/mol. The summed E-state index contributed by atoms with van der Waals surface area (Å²) >= 11 is 0. The maximum Gasteiger partial charge on any atom is 0.234 e. The molecule has 2 unspecified atom stereocenters. The number of hydrogen-bond donors (Lipinski definition) is 2. The van der Waals surface area contributed by atoms with Crippen molar-refractivity contribution in [2.24, 2.45) is 0 Å². The van der Waals surface area contributed by atoms with Gasteiger partial charge >= 0.3 is 0 Å². The summed E-state index contributed by atoms with van der Waals surface area (Å²) in [4.78, 5) is 14.6. The lowest BCUT2D eigenvalue weighted by Crippen LogP contribution is -2.48. The minimum absolute atomic E-state index is 0.0316. The summed E-state index contributed by atoms with van der Waals surface area (Å²) < 4.78 is 10.7. The second-order valence-corrected chi connectivity index (χ2v) is 6.26. The molecule has 0 spiro atoms. The number of methoxy groups -OCH3 is 2. The van der Waals surface area contributed by atoms with Crippen molar-refractivity contribution in [2.75, 3.05) is 40.9 Å². The van der Waals surface area contributed by atoms with Crippen LogP contribution in [0.5, 0.6) is 11.5 Å². The Labute approximate surface area is 144 Å². The van der Waals surface area contributed by atoms with Crippen LogP contribution in [0.2, 0.25) is 0 Å². The first-order chi connectivity index (χ1) is 11.6. The van der Waals surface area contributed by atoms with Gasteiger partial charge in [0.2, 0.25) is 5.91 Å². The molecule has 24 heavy (non-hydrogen) atoms. The van der Waals surface area contributed by atoms with E-state index >= 15 is 0 Å². The standard InChI is InChI=1S/C18H29N3O3/c1-13(16-10-15(23-3)7-8-17(16)24-4)20-18(22)12-21-9-5-6-14(11-21)19-2/h7-8,10,13-14,19H,5-6,9,11-12H2,1-4H3,(H,20,22). The molecule has 0 aliphatic carbocycles. The highest BCUT2D eigenvalue weighted by Crippen LogP contribution is 2.29. The lowest BCUT2D eigenvalue weighted by molar-refractivity contribution is -0.123. The number of likely N-dealkylation sites (tertiary alicyclic amines) is 1. The molecule has 2 rings (SSSR count). The minimum atomic E-state index is -0.146. The van der Waals surface area contributed by atoms with E-state index < -0.39 is 0 Å². The molecule has 2 N–H and O–H groups in total. The molecule has 1 saturated heterocycles. The summed E-state index contributed by atoms with van der Waals surface area (Å²) in [6.45, 7) is 4.28. The summed E-state index contributed by atoms with van der Waals surface area (Å²) in [5.41, 5.74) is 0.914. The molecule has 6 nitrogen and oxygen atoms in total. The third kappa shape index (κ3) is 4.85. The monoisotopic (exact) mass is 335 g/mol. The van der Waals surface area contributed by atoms with Crippen LogP contribution in [-0.4, -0.2) is 57.8 Å². The number of carbonyl (C=O) groups excluding carboxylic acids is 1. The van der Waals surface area contributed by atoms with Crippen LogP contribution in [-0.2, 0) is 4.79 Å². The molecule has 0 aromatic heterocycles. The van der Waals surface area contributed by atoms with Gasteiger partial charge in [-0.15, -0.1) is 0 Å². The van der Waals surface area contributed by atoms with Crippen molar-refractivity contribution in [1.29, 1.82) is 0 Å². The van der Waals surface area contributed by atoms with E-state index in [4.69, 9.17) is 9.47 Å². The Morgan fingerprint density at radius 3 is 2.83 bits per heavy atom. The first-order valence-electron chi connectivity index (χ1n) is 8.48. The van der Waals surface area contributed by atoms with Crippen molar-refractivity contribution in [2.45, 2.75) is 31.8 Å². The van der Waals surface area contributed by atoms with Crippen LogP contribution in [0.15, 0.2) is 18.2 Å². The van der Waals surface area contributed by atoms with Gasteiger partial charge < -0.3 is 20.1 Å². The highest BCUT2D eigenvalue weighted by molar-refractivity contribution is 5.78. The van der Waals surface area contributed by atoms with Crippen LogP contribution >= 0.6 is 0 Å². The van der Waals surface area contributed by atoms with Crippen LogP contribution < -0.4 is 20.1 Å². The fraction of sp³-hybridized carbons (Fsp3) is 0.611. The van der Waals surface area contributed by atoms with Gasteiger partial charge in [-0.05, 0) is 51.6 Å². The molecule has 0 radical (unpaired) electrons. The van der Waals surface area contributed by atoms with Crippen molar-refractivity contribution in [3.05, 3.63) is 23.8 Å². The first-order valence-corrected chi connectivity index (χ1v) is 8.48. The quantitative estimate of drug-likeness (QED) is 0.792. The zero-order valence-corrected chi connectivity index (χ0v) is 15.1. The number of piperidine rings is 1. The molecule has 1 aromatic carbocycles. The van der Waals surface area contributed by atoms with E-state index in [9.17, 15) is 4.79 Å². The Morgan fingerprint density at radius 1 is 1.38 bits per heavy atom. The average Bonchev–Trinajstić information content (AvgIpc) is 2.61. The first kappa shape index (κ1) is 18.5. The lowest BCUT2D eigenvalue weighted by Gasteiger charge is -2.32. The third-order valence-electron chi connectivity index (χ3n) is 4.56. The SMILES string of the molecule is CNC1CCCN(CC(=O)NC(C)c2cc(OC)ccc2OC)C1. The number of ether oxygens (including phenoxy) is 2. The molecule has 1 aliphatic heterocycles. The molecule has 6 heteroatoms. The highest BCUT2D eigenvalue weighted by atomic mass is 16.5. The average molecular weight is 335 g/mol. The second-order valence-electron chi connectivity index (χ2n) is 6.26. The Bertz CT molecular complexity index is 550. The van der Waals surface area contributed by atoms with Gasteiger partial charge in [0.05, 0.1) is 26.8 Å². The van der Waals surface area contributed by atoms with Crippen LogP contribution in [0.3, 0.4) is 0 Å². The summed E-state index contributed by atoms with van der Waals surface area (Å²) in [6, 6.07) is 5.94. The number of benzene rings is 1. The van der Waals surface area contributed by atoms with Gasteiger partial charge in [-0.3, -0.25) is 9.69 Å². The van der Waals surface area contributed by atoms with E-state index in [-0.39, 0.29) is 11.9 Å². The van der Waals surface area contributed by atoms with E-state index in [0.717, 1.165) is 36.6 Å². The molecule has 134 valence electrons. The summed E-state index contributed by atoms with van der Waals surface area (Å²) in [5, 5.41) is 6.36. The van der Waals surface area contributed by atoms with Gasteiger partial charge in [0.1, 0.15) is 11.5 Å². The van der Waals surface area contributed by atoms with E-state index in [1.807, 2.05) is 32.2 Å². The van der Waals surface area contributed by atoms with E-state index in [0.29, 0.717) is 12.6 Å². The zero-order chi connectivity index (χ0) is 17.5. The normalized spacial score (nSPS) is 19.6. The molecule has 2 atom stereocenters. The van der Waals surface area contributed by atoms with Gasteiger partial charge in [0.25, 0.3) is 0 Å². The van der Waals surface area contributed by atoms with Gasteiger partial charge in [-0.2, -0.15) is 0 Å². The van der Waals surface area contributed by atoms with Crippen molar-refractivity contribution in [3.63, 3.8) is 0 Å². The number of nitrogens with one attached hydrogen (secondary N) is 2. The molecule has 1 amide bonds. The van der Waals surface area contributed by atoms with E-state index in [1.165, 1.54) is 6.42 Å². The van der Waals surface area contributed by atoms with Crippen LogP contribution in [0, 0.1) is 0 Å².